The Labute approximate surface area is 258 Å². The summed E-state index contributed by atoms with van der Waals surface area (Å²) in [4.78, 5) is 23.6. The molecule has 0 saturated heterocycles. The van der Waals surface area contributed by atoms with Crippen LogP contribution in [0.5, 0.6) is 0 Å². The number of Topliss-reactive ketones (excluding diaryl/α,β-unsaturated/α-hetero) is 1. The highest BCUT2D eigenvalue weighted by molar-refractivity contribution is 5.78. The van der Waals surface area contributed by atoms with Gasteiger partial charge in [0.2, 0.25) is 0 Å². The number of benzene rings is 1. The number of hydrogen-bond donors (Lipinski definition) is 0. The van der Waals surface area contributed by atoms with Gasteiger partial charge in [0.15, 0.2) is 0 Å². The van der Waals surface area contributed by atoms with Gasteiger partial charge < -0.3 is 9.53 Å². The van der Waals surface area contributed by atoms with Gasteiger partial charge in [-0.15, -0.1) is 0 Å². The molecule has 5 aliphatic rings. The minimum atomic E-state index is -0.220. The van der Waals surface area contributed by atoms with E-state index in [-0.39, 0.29) is 17.2 Å². The van der Waals surface area contributed by atoms with Crippen molar-refractivity contribution in [2.24, 2.45) is 51.2 Å². The van der Waals surface area contributed by atoms with E-state index < -0.39 is 0 Å². The van der Waals surface area contributed by atoms with Crippen LogP contribution in [0.1, 0.15) is 144 Å². The highest BCUT2D eigenvalue weighted by Gasteiger charge is 2.69. The van der Waals surface area contributed by atoms with Crippen LogP contribution in [-0.4, -0.2) is 11.8 Å². The quantitative estimate of drug-likeness (QED) is 0.334. The monoisotopic (exact) mass is 578 g/mol. The van der Waals surface area contributed by atoms with Gasteiger partial charge in [0.1, 0.15) is 12.4 Å². The van der Waals surface area contributed by atoms with E-state index in [4.69, 9.17) is 4.74 Å². The van der Waals surface area contributed by atoms with E-state index in [1.54, 1.807) is 6.92 Å². The summed E-state index contributed by atoms with van der Waals surface area (Å²) < 4.78 is 6.08. The van der Waals surface area contributed by atoms with Crippen LogP contribution in [0, 0.1) is 51.2 Å². The third kappa shape index (κ3) is 5.53. The maximum Gasteiger partial charge on any atom is 0.312 e. The van der Waals surface area contributed by atoms with Gasteiger partial charge in [0, 0.05) is 6.42 Å². The van der Waals surface area contributed by atoms with Crippen molar-refractivity contribution in [2.45, 2.75) is 145 Å². The van der Waals surface area contributed by atoms with E-state index in [2.05, 4.69) is 39.8 Å². The lowest BCUT2D eigenvalue weighted by atomic mass is 9.33. The van der Waals surface area contributed by atoms with Crippen molar-refractivity contribution in [1.29, 1.82) is 0 Å². The minimum absolute atomic E-state index is 0.120. The second-order valence-corrected chi connectivity index (χ2v) is 15.4. The molecule has 42 heavy (non-hydrogen) atoms. The number of carbonyl (C=O) groups excluding carboxylic acids is 2. The third-order valence-corrected chi connectivity index (χ3v) is 13.9. The van der Waals surface area contributed by atoms with Crippen molar-refractivity contribution in [3.05, 3.63) is 35.9 Å². The first-order valence-electron chi connectivity index (χ1n) is 17.7. The zero-order valence-corrected chi connectivity index (χ0v) is 28.4. The number of ketones is 1. The zero-order chi connectivity index (χ0) is 30.8. The molecule has 0 aromatic heterocycles. The Morgan fingerprint density at radius 1 is 0.786 bits per heavy atom. The average Bonchev–Trinajstić information content (AvgIpc) is 3.43. The topological polar surface area (TPSA) is 43.4 Å². The van der Waals surface area contributed by atoms with Crippen molar-refractivity contribution in [1.82, 2.24) is 0 Å². The van der Waals surface area contributed by atoms with Crippen molar-refractivity contribution in [3.8, 4) is 0 Å². The minimum Gasteiger partial charge on any atom is -0.460 e. The van der Waals surface area contributed by atoms with Crippen molar-refractivity contribution >= 4 is 11.8 Å². The highest BCUT2D eigenvalue weighted by Crippen LogP contribution is 2.76. The highest BCUT2D eigenvalue weighted by atomic mass is 16.5. The fourth-order valence-corrected chi connectivity index (χ4v) is 11.5. The molecule has 1 aromatic rings. The van der Waals surface area contributed by atoms with E-state index in [1.165, 1.54) is 64.2 Å². The molecular formula is C39H62O3. The molecule has 5 saturated carbocycles. The second-order valence-electron chi connectivity index (χ2n) is 15.4. The van der Waals surface area contributed by atoms with Gasteiger partial charge in [-0.05, 0) is 116 Å². The van der Waals surface area contributed by atoms with Crippen molar-refractivity contribution in [2.75, 3.05) is 0 Å². The first kappa shape index (κ1) is 33.3. The number of carbonyl (C=O) groups is 2. The number of ether oxygens (including phenoxy) is 1. The normalized spacial score (nSPS) is 41.7. The summed E-state index contributed by atoms with van der Waals surface area (Å²) in [5.41, 5.74) is 2.19. The Morgan fingerprint density at radius 2 is 1.45 bits per heavy atom. The Bertz CT molecular complexity index is 1060. The maximum atomic E-state index is 13.8. The van der Waals surface area contributed by atoms with Crippen molar-refractivity contribution in [3.63, 3.8) is 0 Å². The third-order valence-electron chi connectivity index (χ3n) is 13.9. The Hall–Kier alpha value is -1.64. The summed E-state index contributed by atoms with van der Waals surface area (Å²) in [6.45, 7) is 18.5. The van der Waals surface area contributed by atoms with Crippen LogP contribution in [0.2, 0.25) is 0 Å². The smallest absolute Gasteiger partial charge is 0.312 e. The Kier molecular flexibility index (Phi) is 10.4. The average molecular weight is 579 g/mol. The van der Waals surface area contributed by atoms with Gasteiger partial charge in [-0.1, -0.05) is 98.1 Å². The lowest BCUT2D eigenvalue weighted by molar-refractivity contribution is -0.229. The number of esters is 1. The molecule has 9 atom stereocenters. The Morgan fingerprint density at radius 3 is 2.12 bits per heavy atom. The lowest BCUT2D eigenvalue weighted by Gasteiger charge is -2.71. The molecule has 1 aromatic carbocycles. The molecule has 6 rings (SSSR count). The van der Waals surface area contributed by atoms with Gasteiger partial charge in [0.05, 0.1) is 5.41 Å². The molecule has 236 valence electrons. The molecule has 3 heteroatoms. The molecule has 0 aliphatic heterocycles. The standard InChI is InChI=1S/C33H48O2.C4H8O.C2H6/c1-23-10-8-17-30(2)25(23)16-19-32(4)28(30)15-14-26-27-13-9-18-33(27,21-20-31(26,32)3)29(34)35-22-24-11-6-5-7-12-24;1-3-4(2)5;1-2/h5-7,11-12,23,25-28H,8-10,13-22H2,1-4H3;3H2,1-2H3;1-2H3/t23?,25?,26?,27?,28?,30?,31-,32?,33?;;/m1../s1. The van der Waals surface area contributed by atoms with Gasteiger partial charge in [0.25, 0.3) is 0 Å². The molecule has 8 unspecified atom stereocenters. The largest absolute Gasteiger partial charge is 0.460 e. The van der Waals surface area contributed by atoms with E-state index in [0.717, 1.165) is 36.2 Å². The molecule has 3 nitrogen and oxygen atoms in total. The number of rotatable bonds is 4. The van der Waals surface area contributed by atoms with Crippen LogP contribution in [0.4, 0.5) is 0 Å². The van der Waals surface area contributed by atoms with Crippen LogP contribution in [0.25, 0.3) is 0 Å². The molecule has 5 aliphatic carbocycles. The van der Waals surface area contributed by atoms with E-state index in [1.807, 2.05) is 39.0 Å². The van der Waals surface area contributed by atoms with Gasteiger partial charge in [-0.3, -0.25) is 4.79 Å². The molecule has 0 radical (unpaired) electrons. The van der Waals surface area contributed by atoms with Crippen LogP contribution < -0.4 is 0 Å². The predicted molar refractivity (Wildman–Crippen MR) is 174 cm³/mol. The molecule has 0 N–H and O–H groups in total. The first-order valence-corrected chi connectivity index (χ1v) is 17.7. The molecule has 0 spiro atoms. The number of hydrogen-bond acceptors (Lipinski definition) is 3. The van der Waals surface area contributed by atoms with E-state index in [9.17, 15) is 9.59 Å². The van der Waals surface area contributed by atoms with Gasteiger partial charge in [-0.25, -0.2) is 0 Å². The van der Waals surface area contributed by atoms with Crippen molar-refractivity contribution < 1.29 is 14.3 Å². The molecular weight excluding hydrogens is 516 g/mol. The molecule has 0 amide bonds. The van der Waals surface area contributed by atoms with Crippen LogP contribution in [-0.2, 0) is 20.9 Å². The summed E-state index contributed by atoms with van der Waals surface area (Å²) in [6.07, 6.45) is 16.3. The van der Waals surface area contributed by atoms with Gasteiger partial charge >= 0.3 is 5.97 Å². The SMILES string of the molecule is CC.CC1CCCC2(C)C1CCC1(C)C2CCC2C3CCCC3(C(=O)OCc3ccccc3)CC[C@]21C.CCC(C)=O. The van der Waals surface area contributed by atoms with E-state index in [0.29, 0.717) is 41.1 Å². The molecule has 5 fully saturated rings. The zero-order valence-electron chi connectivity index (χ0n) is 28.4. The van der Waals surface area contributed by atoms with E-state index >= 15 is 0 Å². The Balaban J connectivity index is 0.000000526. The fourth-order valence-electron chi connectivity index (χ4n) is 11.5. The fraction of sp³-hybridized carbons (Fsp3) is 0.795. The predicted octanol–water partition coefficient (Wildman–Crippen LogP) is 10.6. The first-order chi connectivity index (χ1) is 20.0. The summed E-state index contributed by atoms with van der Waals surface area (Å²) in [6, 6.07) is 10.2. The number of fused-ring (bicyclic) bond motifs is 7. The van der Waals surface area contributed by atoms with Crippen LogP contribution in [0.15, 0.2) is 30.3 Å². The summed E-state index contributed by atoms with van der Waals surface area (Å²) in [5.74, 6) is 4.27. The van der Waals surface area contributed by atoms with Crippen LogP contribution >= 0.6 is 0 Å². The summed E-state index contributed by atoms with van der Waals surface area (Å²) >= 11 is 0. The lowest BCUT2D eigenvalue weighted by Crippen LogP contribution is -2.64. The summed E-state index contributed by atoms with van der Waals surface area (Å²) in [5, 5.41) is 0. The molecule has 0 bridgehead atoms. The van der Waals surface area contributed by atoms with Crippen LogP contribution in [0.3, 0.4) is 0 Å². The molecule has 0 heterocycles. The second kappa shape index (κ2) is 13.2. The summed E-state index contributed by atoms with van der Waals surface area (Å²) in [7, 11) is 0. The maximum absolute atomic E-state index is 13.8. The van der Waals surface area contributed by atoms with Gasteiger partial charge in [-0.2, -0.15) is 0 Å².